The van der Waals surface area contributed by atoms with Crippen LogP contribution >= 0.6 is 11.3 Å². The number of rotatable bonds is 5. The van der Waals surface area contributed by atoms with Gasteiger partial charge in [0, 0.05) is 15.8 Å². The van der Waals surface area contributed by atoms with Crippen molar-refractivity contribution < 1.29 is 18.7 Å². The third-order valence-electron chi connectivity index (χ3n) is 2.68. The number of hydrogen-bond donors (Lipinski definition) is 2. The van der Waals surface area contributed by atoms with Crippen molar-refractivity contribution in [2.45, 2.75) is 6.92 Å². The molecule has 0 saturated carbocycles. The summed E-state index contributed by atoms with van der Waals surface area (Å²) in [6.07, 6.45) is 2.96. The number of para-hydroxylation sites is 1. The van der Waals surface area contributed by atoms with Crippen LogP contribution in [0.2, 0.25) is 0 Å². The van der Waals surface area contributed by atoms with E-state index in [1.54, 1.807) is 23.5 Å². The van der Waals surface area contributed by atoms with E-state index in [4.69, 9.17) is 4.74 Å². The first-order valence-electron chi connectivity index (χ1n) is 6.75. The zero-order chi connectivity index (χ0) is 16.7. The van der Waals surface area contributed by atoms with Crippen LogP contribution in [0.1, 0.15) is 9.75 Å². The van der Waals surface area contributed by atoms with Crippen molar-refractivity contribution in [2.24, 2.45) is 0 Å². The number of hydrogen-bond acceptors (Lipinski definition) is 4. The monoisotopic (exact) mass is 334 g/mol. The molecule has 0 spiro atoms. The Bertz CT molecular complexity index is 728. The smallest absolute Gasteiger partial charge is 0.276 e. The topological polar surface area (TPSA) is 67.4 Å². The molecule has 0 aliphatic carbocycles. The van der Waals surface area contributed by atoms with Gasteiger partial charge in [-0.05, 0) is 37.3 Å². The van der Waals surface area contributed by atoms with Crippen molar-refractivity contribution in [1.29, 1.82) is 0 Å². The molecule has 0 aliphatic rings. The van der Waals surface area contributed by atoms with Crippen LogP contribution in [0.3, 0.4) is 0 Å². The molecule has 0 aliphatic heterocycles. The van der Waals surface area contributed by atoms with E-state index in [-0.39, 0.29) is 5.75 Å². The average Bonchev–Trinajstić information content (AvgIpc) is 2.95. The number of nitrogens with one attached hydrogen (secondary N) is 2. The SMILES string of the molecule is Cc1ccc(/C=C/C(=O)NNC(=O)COc2ccccc2F)s1. The predicted molar refractivity (Wildman–Crippen MR) is 86.3 cm³/mol. The summed E-state index contributed by atoms with van der Waals surface area (Å²) in [5.41, 5.74) is 4.40. The number of aryl methyl sites for hydroxylation is 1. The third-order valence-corrected chi connectivity index (χ3v) is 3.65. The maximum atomic E-state index is 13.3. The fraction of sp³-hybridized carbons (Fsp3) is 0.125. The zero-order valence-electron chi connectivity index (χ0n) is 12.3. The highest BCUT2D eigenvalue weighted by Crippen LogP contribution is 2.16. The average molecular weight is 334 g/mol. The maximum Gasteiger partial charge on any atom is 0.276 e. The van der Waals surface area contributed by atoms with Crippen LogP contribution in [0.15, 0.2) is 42.5 Å². The van der Waals surface area contributed by atoms with E-state index in [1.165, 1.54) is 24.3 Å². The van der Waals surface area contributed by atoms with Crippen molar-refractivity contribution >= 4 is 29.2 Å². The summed E-state index contributed by atoms with van der Waals surface area (Å²) in [4.78, 5) is 25.1. The van der Waals surface area contributed by atoms with Gasteiger partial charge in [0.2, 0.25) is 0 Å². The molecule has 0 bridgehead atoms. The molecule has 1 aromatic heterocycles. The van der Waals surface area contributed by atoms with Crippen LogP contribution in [0.25, 0.3) is 6.08 Å². The Kier molecular flexibility index (Phi) is 5.87. The molecular formula is C16H15FN2O3S. The second-order valence-corrected chi connectivity index (χ2v) is 5.86. The second-order valence-electron chi connectivity index (χ2n) is 4.54. The van der Waals surface area contributed by atoms with E-state index >= 15 is 0 Å². The number of ether oxygens (including phenoxy) is 1. The molecule has 120 valence electrons. The third kappa shape index (κ3) is 5.55. The molecule has 7 heteroatoms. The number of halogens is 1. The molecule has 5 nitrogen and oxygen atoms in total. The number of hydrazine groups is 1. The van der Waals surface area contributed by atoms with Gasteiger partial charge in [-0.25, -0.2) is 4.39 Å². The minimum Gasteiger partial charge on any atom is -0.481 e. The molecule has 2 rings (SSSR count). The summed E-state index contributed by atoms with van der Waals surface area (Å²) in [6, 6.07) is 9.59. The normalized spacial score (nSPS) is 10.5. The summed E-state index contributed by atoms with van der Waals surface area (Å²) >= 11 is 1.55. The van der Waals surface area contributed by atoms with E-state index in [1.807, 2.05) is 19.1 Å². The van der Waals surface area contributed by atoms with Gasteiger partial charge in [0.1, 0.15) is 0 Å². The lowest BCUT2D eigenvalue weighted by Crippen LogP contribution is -2.43. The van der Waals surface area contributed by atoms with Crippen molar-refractivity contribution in [2.75, 3.05) is 6.61 Å². The second kappa shape index (κ2) is 8.09. The van der Waals surface area contributed by atoms with Gasteiger partial charge in [-0.2, -0.15) is 0 Å². The Balaban J connectivity index is 1.72. The number of amides is 2. The summed E-state index contributed by atoms with van der Waals surface area (Å²) in [5, 5.41) is 0. The number of carbonyl (C=O) groups is 2. The molecule has 1 aromatic carbocycles. The quantitative estimate of drug-likeness (QED) is 0.652. The number of thiophene rings is 1. The summed E-state index contributed by atoms with van der Waals surface area (Å²) in [7, 11) is 0. The molecule has 0 atom stereocenters. The molecule has 0 radical (unpaired) electrons. The molecule has 2 N–H and O–H groups in total. The predicted octanol–water partition coefficient (Wildman–Crippen LogP) is 2.44. The van der Waals surface area contributed by atoms with Gasteiger partial charge in [0.25, 0.3) is 11.8 Å². The van der Waals surface area contributed by atoms with E-state index in [9.17, 15) is 14.0 Å². The molecular weight excluding hydrogens is 319 g/mol. The van der Waals surface area contributed by atoms with Gasteiger partial charge in [-0.15, -0.1) is 11.3 Å². The van der Waals surface area contributed by atoms with Gasteiger partial charge in [-0.1, -0.05) is 12.1 Å². The summed E-state index contributed by atoms with van der Waals surface area (Å²) in [5.74, 6) is -1.65. The lowest BCUT2D eigenvalue weighted by atomic mass is 10.3. The molecule has 0 unspecified atom stereocenters. The number of benzene rings is 1. The lowest BCUT2D eigenvalue weighted by Gasteiger charge is -2.08. The van der Waals surface area contributed by atoms with Crippen molar-refractivity contribution in [3.63, 3.8) is 0 Å². The summed E-state index contributed by atoms with van der Waals surface area (Å²) < 4.78 is 18.3. The van der Waals surface area contributed by atoms with E-state index in [0.29, 0.717) is 0 Å². The molecule has 2 amide bonds. The highest BCUT2D eigenvalue weighted by Gasteiger charge is 2.06. The van der Waals surface area contributed by atoms with E-state index in [0.717, 1.165) is 9.75 Å². The van der Waals surface area contributed by atoms with Gasteiger partial charge < -0.3 is 4.74 Å². The highest BCUT2D eigenvalue weighted by molar-refractivity contribution is 7.12. The minimum absolute atomic E-state index is 0.0260. The van der Waals surface area contributed by atoms with Gasteiger partial charge in [0.05, 0.1) is 0 Å². The van der Waals surface area contributed by atoms with Crippen LogP contribution in [0, 0.1) is 12.7 Å². The van der Waals surface area contributed by atoms with Crippen LogP contribution in [-0.4, -0.2) is 18.4 Å². The van der Waals surface area contributed by atoms with Crippen molar-refractivity contribution in [1.82, 2.24) is 10.9 Å². The highest BCUT2D eigenvalue weighted by atomic mass is 32.1. The Morgan fingerprint density at radius 2 is 2.00 bits per heavy atom. The standard InChI is InChI=1S/C16H15FN2O3S/c1-11-6-7-12(23-11)8-9-15(20)18-19-16(21)10-22-14-5-3-2-4-13(14)17/h2-9H,10H2,1H3,(H,18,20)(H,19,21)/b9-8+. The van der Waals surface area contributed by atoms with Crippen molar-refractivity contribution in [3.8, 4) is 5.75 Å². The van der Waals surface area contributed by atoms with Gasteiger partial charge in [-0.3, -0.25) is 20.4 Å². The van der Waals surface area contributed by atoms with Gasteiger partial charge >= 0.3 is 0 Å². The molecule has 1 heterocycles. The minimum atomic E-state index is -0.595. The Labute approximate surface area is 136 Å². The first kappa shape index (κ1) is 16.7. The summed E-state index contributed by atoms with van der Waals surface area (Å²) in [6.45, 7) is 1.56. The Morgan fingerprint density at radius 3 is 2.70 bits per heavy atom. The van der Waals surface area contributed by atoms with Crippen LogP contribution < -0.4 is 15.6 Å². The molecule has 23 heavy (non-hydrogen) atoms. The Morgan fingerprint density at radius 1 is 1.22 bits per heavy atom. The molecule has 0 fully saturated rings. The fourth-order valence-electron chi connectivity index (χ4n) is 1.61. The zero-order valence-corrected chi connectivity index (χ0v) is 13.2. The largest absolute Gasteiger partial charge is 0.481 e. The van der Waals surface area contributed by atoms with Crippen LogP contribution in [-0.2, 0) is 9.59 Å². The first-order chi connectivity index (χ1) is 11.0. The Hall–Kier alpha value is -2.67. The molecule has 2 aromatic rings. The van der Waals surface area contributed by atoms with Crippen LogP contribution in [0.5, 0.6) is 5.75 Å². The van der Waals surface area contributed by atoms with Gasteiger partial charge in [0.15, 0.2) is 18.2 Å². The van der Waals surface area contributed by atoms with E-state index in [2.05, 4.69) is 10.9 Å². The molecule has 0 saturated heterocycles. The lowest BCUT2D eigenvalue weighted by molar-refractivity contribution is -0.128. The number of carbonyl (C=O) groups excluding carboxylic acids is 2. The maximum absolute atomic E-state index is 13.3. The first-order valence-corrected chi connectivity index (χ1v) is 7.57. The van der Waals surface area contributed by atoms with Crippen LogP contribution in [0.4, 0.5) is 4.39 Å². The fourth-order valence-corrected chi connectivity index (χ4v) is 2.39. The van der Waals surface area contributed by atoms with Crippen molar-refractivity contribution in [3.05, 3.63) is 58.0 Å². The van der Waals surface area contributed by atoms with E-state index < -0.39 is 24.2 Å².